The summed E-state index contributed by atoms with van der Waals surface area (Å²) >= 11 is 0. The summed E-state index contributed by atoms with van der Waals surface area (Å²) in [5.74, 6) is 0.747. The van der Waals surface area contributed by atoms with Crippen molar-refractivity contribution in [1.82, 2.24) is 10.2 Å². The molecule has 2 amide bonds. The smallest absolute Gasteiger partial charge is 0.244 e. The minimum absolute atomic E-state index is 0.0905. The molecule has 0 unspecified atom stereocenters. The highest BCUT2D eigenvalue weighted by molar-refractivity contribution is 7.92. The first kappa shape index (κ1) is 30.8. The predicted molar refractivity (Wildman–Crippen MR) is 147 cm³/mol. The van der Waals surface area contributed by atoms with E-state index in [1.807, 2.05) is 26.8 Å². The van der Waals surface area contributed by atoms with Gasteiger partial charge in [-0.15, -0.1) is 0 Å². The van der Waals surface area contributed by atoms with Gasteiger partial charge in [-0.05, 0) is 42.2 Å². The quantitative estimate of drug-likeness (QED) is 0.385. The fourth-order valence-corrected chi connectivity index (χ4v) is 4.74. The van der Waals surface area contributed by atoms with Crippen LogP contribution in [-0.4, -0.2) is 71.8 Å². The van der Waals surface area contributed by atoms with Gasteiger partial charge < -0.3 is 24.4 Å². The highest BCUT2D eigenvalue weighted by Gasteiger charge is 2.32. The summed E-state index contributed by atoms with van der Waals surface area (Å²) in [4.78, 5) is 28.4. The Bertz CT molecular complexity index is 1200. The van der Waals surface area contributed by atoms with Gasteiger partial charge in [-0.2, -0.15) is 0 Å². The van der Waals surface area contributed by atoms with Crippen LogP contribution in [0, 0.1) is 5.92 Å². The molecule has 210 valence electrons. The molecule has 11 heteroatoms. The highest BCUT2D eigenvalue weighted by Crippen LogP contribution is 2.32. The van der Waals surface area contributed by atoms with Gasteiger partial charge >= 0.3 is 0 Å². The van der Waals surface area contributed by atoms with Gasteiger partial charge in [-0.3, -0.25) is 13.9 Å². The number of carbonyl (C=O) groups is 2. The molecule has 0 saturated carbocycles. The van der Waals surface area contributed by atoms with Crippen LogP contribution in [-0.2, 0) is 26.2 Å². The summed E-state index contributed by atoms with van der Waals surface area (Å²) in [6.45, 7) is 5.81. The molecule has 2 rings (SSSR count). The van der Waals surface area contributed by atoms with Crippen molar-refractivity contribution in [2.24, 2.45) is 5.92 Å². The molecular weight excluding hydrogens is 510 g/mol. The Morgan fingerprint density at radius 3 is 2.21 bits per heavy atom. The second-order valence-corrected chi connectivity index (χ2v) is 11.2. The Labute approximate surface area is 225 Å². The van der Waals surface area contributed by atoms with E-state index in [9.17, 15) is 18.0 Å². The van der Waals surface area contributed by atoms with Crippen molar-refractivity contribution in [3.63, 3.8) is 0 Å². The number of nitrogens with zero attached hydrogens (tertiary/aromatic N) is 2. The van der Waals surface area contributed by atoms with Crippen LogP contribution in [0.2, 0.25) is 0 Å². The fraction of sp³-hybridized carbons (Fsp3) is 0.481. The van der Waals surface area contributed by atoms with Crippen LogP contribution in [0.1, 0.15) is 32.8 Å². The second kappa shape index (κ2) is 13.9. The summed E-state index contributed by atoms with van der Waals surface area (Å²) < 4.78 is 42.5. The van der Waals surface area contributed by atoms with Crippen LogP contribution >= 0.6 is 0 Å². The van der Waals surface area contributed by atoms with Crippen LogP contribution in [0.3, 0.4) is 0 Å². The zero-order valence-corrected chi connectivity index (χ0v) is 24.0. The van der Waals surface area contributed by atoms with E-state index in [-0.39, 0.29) is 24.1 Å². The number of benzene rings is 2. The molecule has 2 aromatic rings. The van der Waals surface area contributed by atoms with Crippen LogP contribution in [0.15, 0.2) is 42.5 Å². The molecule has 0 spiro atoms. The Balaban J connectivity index is 2.49. The lowest BCUT2D eigenvalue weighted by Gasteiger charge is -2.33. The highest BCUT2D eigenvalue weighted by atomic mass is 32.2. The standard InChI is InChI=1S/C27H39N3O7S/c1-8-23(27(32)28-16-19(2)3)29(17-20-10-9-11-22(14-20)35-4)26(31)18-30(38(7,33)34)21-12-13-24(36-5)25(15-21)37-6/h9-15,19,23H,8,16-18H2,1-7H3,(H,28,32)/t23-/m1/s1. The van der Waals surface area contributed by atoms with Crippen molar-refractivity contribution in [3.05, 3.63) is 48.0 Å². The molecule has 38 heavy (non-hydrogen) atoms. The van der Waals surface area contributed by atoms with Gasteiger partial charge in [0.05, 0.1) is 33.3 Å². The summed E-state index contributed by atoms with van der Waals surface area (Å²) in [6.07, 6.45) is 1.37. The molecule has 0 fully saturated rings. The van der Waals surface area contributed by atoms with Gasteiger partial charge in [0, 0.05) is 19.2 Å². The van der Waals surface area contributed by atoms with Gasteiger partial charge in [-0.1, -0.05) is 32.9 Å². The lowest BCUT2D eigenvalue weighted by molar-refractivity contribution is -0.140. The maximum atomic E-state index is 13.8. The molecule has 0 aliphatic carbocycles. The lowest BCUT2D eigenvalue weighted by atomic mass is 10.1. The Kier molecular flexibility index (Phi) is 11.2. The average molecular weight is 550 g/mol. The number of carbonyl (C=O) groups excluding carboxylic acids is 2. The average Bonchev–Trinajstić information content (AvgIpc) is 2.89. The largest absolute Gasteiger partial charge is 0.497 e. The number of methoxy groups -OCH3 is 3. The van der Waals surface area contributed by atoms with Crippen molar-refractivity contribution in [2.45, 2.75) is 39.8 Å². The molecule has 10 nitrogen and oxygen atoms in total. The molecule has 2 aromatic carbocycles. The fourth-order valence-electron chi connectivity index (χ4n) is 3.90. The first-order valence-corrected chi connectivity index (χ1v) is 14.2. The lowest BCUT2D eigenvalue weighted by Crippen LogP contribution is -2.52. The third kappa shape index (κ3) is 8.27. The van der Waals surface area contributed by atoms with E-state index >= 15 is 0 Å². The first-order chi connectivity index (χ1) is 17.9. The molecule has 0 radical (unpaired) electrons. The monoisotopic (exact) mass is 549 g/mol. The van der Waals surface area contributed by atoms with Gasteiger partial charge in [-0.25, -0.2) is 8.42 Å². The minimum atomic E-state index is -3.88. The van der Waals surface area contributed by atoms with E-state index < -0.39 is 28.5 Å². The van der Waals surface area contributed by atoms with Crippen molar-refractivity contribution in [1.29, 1.82) is 0 Å². The molecule has 0 bridgehead atoms. The third-order valence-electron chi connectivity index (χ3n) is 5.89. The van der Waals surface area contributed by atoms with E-state index in [1.165, 1.54) is 31.3 Å². The number of nitrogens with one attached hydrogen (secondary N) is 1. The molecule has 1 atom stereocenters. The molecule has 0 aliphatic rings. The minimum Gasteiger partial charge on any atom is -0.497 e. The van der Waals surface area contributed by atoms with E-state index in [0.717, 1.165) is 16.1 Å². The molecule has 1 N–H and O–H groups in total. The molecule has 0 aromatic heterocycles. The maximum Gasteiger partial charge on any atom is 0.244 e. The zero-order valence-electron chi connectivity index (χ0n) is 23.2. The van der Waals surface area contributed by atoms with Crippen molar-refractivity contribution in [3.8, 4) is 17.2 Å². The third-order valence-corrected chi connectivity index (χ3v) is 7.03. The van der Waals surface area contributed by atoms with Crippen molar-refractivity contribution < 1.29 is 32.2 Å². The first-order valence-electron chi connectivity index (χ1n) is 12.3. The number of anilines is 1. The molecule has 0 heterocycles. The number of sulfonamides is 1. The van der Waals surface area contributed by atoms with E-state index in [2.05, 4.69) is 5.32 Å². The molecule has 0 aliphatic heterocycles. The SMILES string of the molecule is CC[C@H](C(=O)NCC(C)C)N(Cc1cccc(OC)c1)C(=O)CN(c1ccc(OC)c(OC)c1)S(C)(=O)=O. The van der Waals surface area contributed by atoms with E-state index in [1.54, 1.807) is 31.4 Å². The van der Waals surface area contributed by atoms with Crippen molar-refractivity contribution in [2.75, 3.05) is 45.0 Å². The maximum absolute atomic E-state index is 13.8. The van der Waals surface area contributed by atoms with E-state index in [4.69, 9.17) is 14.2 Å². The summed E-state index contributed by atoms with van der Waals surface area (Å²) in [5.41, 5.74) is 0.974. The van der Waals surface area contributed by atoms with Crippen LogP contribution < -0.4 is 23.8 Å². The Morgan fingerprint density at radius 2 is 1.66 bits per heavy atom. The summed E-state index contributed by atoms with van der Waals surface area (Å²) in [6, 6.07) is 11.0. The van der Waals surface area contributed by atoms with Gasteiger partial charge in [0.15, 0.2) is 11.5 Å². The van der Waals surface area contributed by atoms with Crippen LogP contribution in [0.25, 0.3) is 0 Å². The van der Waals surface area contributed by atoms with E-state index in [0.29, 0.717) is 30.2 Å². The normalized spacial score (nSPS) is 12.0. The zero-order chi connectivity index (χ0) is 28.5. The molecular formula is C27H39N3O7S. The number of hydrogen-bond acceptors (Lipinski definition) is 7. The predicted octanol–water partition coefficient (Wildman–Crippen LogP) is 3.06. The molecule has 0 saturated heterocycles. The van der Waals surface area contributed by atoms with Gasteiger partial charge in [0.25, 0.3) is 0 Å². The topological polar surface area (TPSA) is 114 Å². The number of hydrogen-bond donors (Lipinski definition) is 1. The number of rotatable bonds is 14. The van der Waals surface area contributed by atoms with Crippen molar-refractivity contribution >= 4 is 27.5 Å². The number of amides is 2. The summed E-state index contributed by atoms with van der Waals surface area (Å²) in [5, 5.41) is 2.90. The van der Waals surface area contributed by atoms with Gasteiger partial charge in [0.2, 0.25) is 21.8 Å². The number of ether oxygens (including phenoxy) is 3. The Morgan fingerprint density at radius 1 is 0.974 bits per heavy atom. The Hall–Kier alpha value is -3.47. The summed E-state index contributed by atoms with van der Waals surface area (Å²) in [7, 11) is 0.578. The second-order valence-electron chi connectivity index (χ2n) is 9.25. The van der Waals surface area contributed by atoms with Gasteiger partial charge in [0.1, 0.15) is 18.3 Å². The van der Waals surface area contributed by atoms with Crippen LogP contribution in [0.4, 0.5) is 5.69 Å². The van der Waals surface area contributed by atoms with Crippen LogP contribution in [0.5, 0.6) is 17.2 Å².